The molecule has 0 atom stereocenters. The summed E-state index contributed by atoms with van der Waals surface area (Å²) in [5.74, 6) is 0.416. The molecule has 0 heterocycles. The van der Waals surface area contributed by atoms with E-state index in [0.29, 0.717) is 12.3 Å². The topological polar surface area (TPSA) is 29.1 Å². The van der Waals surface area contributed by atoms with Crippen LogP contribution in [-0.4, -0.2) is 5.91 Å². The number of anilines is 1. The molecule has 0 aliphatic rings. The second-order valence-corrected chi connectivity index (χ2v) is 7.42. The highest BCUT2D eigenvalue weighted by atomic mass is 16.1. The summed E-state index contributed by atoms with van der Waals surface area (Å²) < 4.78 is 0. The summed E-state index contributed by atoms with van der Waals surface area (Å²) >= 11 is 0. The predicted octanol–water partition coefficient (Wildman–Crippen LogP) is 6.64. The molecule has 0 saturated carbocycles. The number of hydrogen-bond acceptors (Lipinski definition) is 1. The van der Waals surface area contributed by atoms with Crippen LogP contribution in [0.5, 0.6) is 0 Å². The lowest BCUT2D eigenvalue weighted by Crippen LogP contribution is -2.13. The minimum Gasteiger partial charge on any atom is -0.326 e. The molecule has 27 heavy (non-hydrogen) atoms. The highest BCUT2D eigenvalue weighted by Gasteiger charge is 2.10. The third kappa shape index (κ3) is 3.56. The summed E-state index contributed by atoms with van der Waals surface area (Å²) in [5, 5.41) is 7.95. The zero-order chi connectivity index (χ0) is 18.8. The zero-order valence-corrected chi connectivity index (χ0v) is 15.7. The SMILES string of the molecule is CC(C)CC(=O)Nc1ccc(-c2c3ccccc3cc3ccccc23)cc1. The first-order chi connectivity index (χ1) is 13.1. The number of hydrogen-bond donors (Lipinski definition) is 1. The van der Waals surface area contributed by atoms with Crippen molar-refractivity contribution in [3.63, 3.8) is 0 Å². The smallest absolute Gasteiger partial charge is 0.224 e. The van der Waals surface area contributed by atoms with Gasteiger partial charge in [0, 0.05) is 12.1 Å². The molecular formula is C25H23NO. The molecular weight excluding hydrogens is 330 g/mol. The fraction of sp³-hybridized carbons (Fsp3) is 0.160. The zero-order valence-electron chi connectivity index (χ0n) is 15.7. The first kappa shape index (κ1) is 17.3. The lowest BCUT2D eigenvalue weighted by Gasteiger charge is -2.13. The van der Waals surface area contributed by atoms with Gasteiger partial charge in [-0.25, -0.2) is 0 Å². The van der Waals surface area contributed by atoms with Crippen LogP contribution in [0.4, 0.5) is 5.69 Å². The second kappa shape index (κ2) is 7.24. The van der Waals surface area contributed by atoms with Crippen LogP contribution in [0.15, 0.2) is 78.9 Å². The maximum absolute atomic E-state index is 12.0. The molecule has 0 spiro atoms. The third-order valence-corrected chi connectivity index (χ3v) is 4.82. The number of nitrogens with one attached hydrogen (secondary N) is 1. The first-order valence-corrected chi connectivity index (χ1v) is 9.42. The van der Waals surface area contributed by atoms with Gasteiger partial charge < -0.3 is 5.32 Å². The van der Waals surface area contributed by atoms with E-state index in [2.05, 4.69) is 72.0 Å². The minimum absolute atomic E-state index is 0.0633. The van der Waals surface area contributed by atoms with Gasteiger partial charge >= 0.3 is 0 Å². The van der Waals surface area contributed by atoms with Crippen molar-refractivity contribution in [3.8, 4) is 11.1 Å². The number of carbonyl (C=O) groups is 1. The van der Waals surface area contributed by atoms with E-state index < -0.39 is 0 Å². The highest BCUT2D eigenvalue weighted by molar-refractivity contribution is 6.12. The molecule has 4 rings (SSSR count). The molecule has 1 amide bonds. The summed E-state index contributed by atoms with van der Waals surface area (Å²) in [6.07, 6.45) is 0.537. The molecule has 0 aliphatic heterocycles. The quantitative estimate of drug-likeness (QED) is 0.409. The summed E-state index contributed by atoms with van der Waals surface area (Å²) in [4.78, 5) is 12.0. The standard InChI is InChI=1S/C25H23NO/c1-17(2)15-24(27)26-21-13-11-18(12-14-21)25-22-9-5-3-7-19(22)16-20-8-4-6-10-23(20)25/h3-14,16-17H,15H2,1-2H3,(H,26,27). The van der Waals surface area contributed by atoms with Gasteiger partial charge in [-0.3, -0.25) is 4.79 Å². The number of amides is 1. The molecule has 0 unspecified atom stereocenters. The summed E-state index contributed by atoms with van der Waals surface area (Å²) in [7, 11) is 0. The normalized spacial score (nSPS) is 11.2. The van der Waals surface area contributed by atoms with Crippen molar-refractivity contribution in [2.75, 3.05) is 5.32 Å². The van der Waals surface area contributed by atoms with E-state index in [4.69, 9.17) is 0 Å². The molecule has 1 N–H and O–H groups in total. The Morgan fingerprint density at radius 3 is 1.93 bits per heavy atom. The molecule has 0 radical (unpaired) electrons. The Hall–Kier alpha value is -3.13. The first-order valence-electron chi connectivity index (χ1n) is 9.42. The van der Waals surface area contributed by atoms with Crippen LogP contribution in [0.25, 0.3) is 32.7 Å². The molecule has 4 aromatic rings. The fourth-order valence-electron chi connectivity index (χ4n) is 3.63. The summed E-state index contributed by atoms with van der Waals surface area (Å²) in [6.45, 7) is 4.10. The predicted molar refractivity (Wildman–Crippen MR) is 115 cm³/mol. The monoisotopic (exact) mass is 353 g/mol. The van der Waals surface area contributed by atoms with Crippen LogP contribution in [0.1, 0.15) is 20.3 Å². The van der Waals surface area contributed by atoms with Gasteiger partial charge in [-0.05, 0) is 56.8 Å². The van der Waals surface area contributed by atoms with E-state index in [-0.39, 0.29) is 5.91 Å². The van der Waals surface area contributed by atoms with Crippen LogP contribution >= 0.6 is 0 Å². The van der Waals surface area contributed by atoms with Crippen LogP contribution in [0.3, 0.4) is 0 Å². The maximum Gasteiger partial charge on any atom is 0.224 e. The van der Waals surface area contributed by atoms with Gasteiger partial charge in [-0.2, -0.15) is 0 Å². The Morgan fingerprint density at radius 1 is 0.815 bits per heavy atom. The number of fused-ring (bicyclic) bond motifs is 2. The van der Waals surface area contributed by atoms with Gasteiger partial charge in [0.25, 0.3) is 0 Å². The third-order valence-electron chi connectivity index (χ3n) is 4.82. The average molecular weight is 353 g/mol. The molecule has 0 bridgehead atoms. The van der Waals surface area contributed by atoms with Crippen LogP contribution in [-0.2, 0) is 4.79 Å². The molecule has 0 fully saturated rings. The molecule has 134 valence electrons. The molecule has 2 heteroatoms. The Labute approximate surface area is 159 Å². The Bertz CT molecular complexity index is 1060. The van der Waals surface area contributed by atoms with Crippen molar-refractivity contribution in [2.45, 2.75) is 20.3 Å². The van der Waals surface area contributed by atoms with Crippen LogP contribution < -0.4 is 5.32 Å². The van der Waals surface area contributed by atoms with E-state index in [1.54, 1.807) is 0 Å². The van der Waals surface area contributed by atoms with E-state index in [9.17, 15) is 4.79 Å². The van der Waals surface area contributed by atoms with Crippen molar-refractivity contribution in [2.24, 2.45) is 5.92 Å². The van der Waals surface area contributed by atoms with E-state index in [1.807, 2.05) is 26.0 Å². The van der Waals surface area contributed by atoms with Gasteiger partial charge in [0.05, 0.1) is 0 Å². The van der Waals surface area contributed by atoms with Crippen molar-refractivity contribution in [1.29, 1.82) is 0 Å². The molecule has 0 saturated heterocycles. The Kier molecular flexibility index (Phi) is 4.64. The highest BCUT2D eigenvalue weighted by Crippen LogP contribution is 2.36. The fourth-order valence-corrected chi connectivity index (χ4v) is 3.63. The minimum atomic E-state index is 0.0633. The number of rotatable bonds is 4. The average Bonchev–Trinajstić information content (AvgIpc) is 2.66. The Balaban J connectivity index is 1.78. The van der Waals surface area contributed by atoms with Gasteiger partial charge in [-0.1, -0.05) is 74.5 Å². The molecule has 0 aromatic heterocycles. The van der Waals surface area contributed by atoms with E-state index in [1.165, 1.54) is 27.1 Å². The van der Waals surface area contributed by atoms with E-state index >= 15 is 0 Å². The summed E-state index contributed by atoms with van der Waals surface area (Å²) in [5.41, 5.74) is 3.24. The van der Waals surface area contributed by atoms with Crippen molar-refractivity contribution < 1.29 is 4.79 Å². The van der Waals surface area contributed by atoms with Gasteiger partial charge in [0.15, 0.2) is 0 Å². The summed E-state index contributed by atoms with van der Waals surface area (Å²) in [6, 6.07) is 27.4. The van der Waals surface area contributed by atoms with Crippen molar-refractivity contribution >= 4 is 33.1 Å². The van der Waals surface area contributed by atoms with Gasteiger partial charge in [0.1, 0.15) is 0 Å². The van der Waals surface area contributed by atoms with Crippen molar-refractivity contribution in [1.82, 2.24) is 0 Å². The number of benzene rings is 4. The molecule has 4 aromatic carbocycles. The van der Waals surface area contributed by atoms with Crippen LogP contribution in [0.2, 0.25) is 0 Å². The van der Waals surface area contributed by atoms with Gasteiger partial charge in [0.2, 0.25) is 5.91 Å². The maximum atomic E-state index is 12.0. The van der Waals surface area contributed by atoms with Crippen LogP contribution in [0, 0.1) is 5.92 Å². The number of carbonyl (C=O) groups excluding carboxylic acids is 1. The second-order valence-electron chi connectivity index (χ2n) is 7.42. The molecule has 2 nitrogen and oxygen atoms in total. The lowest BCUT2D eigenvalue weighted by molar-refractivity contribution is -0.116. The Morgan fingerprint density at radius 2 is 1.37 bits per heavy atom. The largest absolute Gasteiger partial charge is 0.326 e. The van der Waals surface area contributed by atoms with Gasteiger partial charge in [-0.15, -0.1) is 0 Å². The molecule has 0 aliphatic carbocycles. The van der Waals surface area contributed by atoms with Crippen molar-refractivity contribution in [3.05, 3.63) is 78.9 Å². The van der Waals surface area contributed by atoms with E-state index in [0.717, 1.165) is 11.3 Å². The lowest BCUT2D eigenvalue weighted by atomic mass is 9.92.